The number of thiophene rings is 1. The van der Waals surface area contributed by atoms with Crippen LogP contribution in [-0.2, 0) is 9.59 Å². The zero-order valence-electron chi connectivity index (χ0n) is 16.5. The molecule has 2 rings (SSSR count). The first-order valence-electron chi connectivity index (χ1n) is 9.27. The Hall–Kier alpha value is -2.18. The van der Waals surface area contributed by atoms with Gasteiger partial charge in [-0.15, -0.1) is 11.3 Å². The largest absolute Gasteiger partial charge is 0.358 e. The number of hydrogen-bond acceptors (Lipinski definition) is 4. The fourth-order valence-corrected chi connectivity index (χ4v) is 3.62. The van der Waals surface area contributed by atoms with E-state index >= 15 is 0 Å². The molecule has 1 aromatic heterocycles. The van der Waals surface area contributed by atoms with E-state index in [1.807, 2.05) is 11.4 Å². The average molecular weight is 388 g/mol. The Morgan fingerprint density at radius 3 is 2.37 bits per heavy atom. The zero-order valence-corrected chi connectivity index (χ0v) is 17.3. The molecule has 0 aliphatic rings. The van der Waals surface area contributed by atoms with Gasteiger partial charge in [-0.1, -0.05) is 44.2 Å². The van der Waals surface area contributed by atoms with E-state index in [0.717, 1.165) is 16.9 Å². The molecule has 0 radical (unpaired) electrons. The Kier molecular flexibility index (Phi) is 8.00. The van der Waals surface area contributed by atoms with E-state index in [9.17, 15) is 9.59 Å². The first-order chi connectivity index (χ1) is 13.0. The maximum atomic E-state index is 12.4. The number of nitrogens with one attached hydrogen (secondary N) is 2. The fourth-order valence-electron chi connectivity index (χ4n) is 2.80. The number of nitrogens with zero attached hydrogens (tertiary/aromatic N) is 1. The summed E-state index contributed by atoms with van der Waals surface area (Å²) >= 11 is 1.66. The second kappa shape index (κ2) is 10.2. The number of carbonyl (C=O) groups excluding carboxylic acids is 2. The minimum absolute atomic E-state index is 0.0478. The SMILES string of the molecule is CC[C@H](C)c1ccc([C@H](NCC(=O)N(C)CC(=O)NC)c2cccs2)cc1. The average Bonchev–Trinajstić information content (AvgIpc) is 3.22. The number of benzene rings is 1. The second-order valence-electron chi connectivity index (χ2n) is 6.73. The van der Waals surface area contributed by atoms with E-state index in [-0.39, 0.29) is 30.9 Å². The van der Waals surface area contributed by atoms with Gasteiger partial charge in [0.05, 0.1) is 19.1 Å². The highest BCUT2D eigenvalue weighted by Gasteiger charge is 2.18. The molecule has 0 aliphatic heterocycles. The van der Waals surface area contributed by atoms with Gasteiger partial charge in [-0.3, -0.25) is 14.9 Å². The summed E-state index contributed by atoms with van der Waals surface area (Å²) in [7, 11) is 3.20. The second-order valence-corrected chi connectivity index (χ2v) is 7.71. The van der Waals surface area contributed by atoms with E-state index in [4.69, 9.17) is 0 Å². The molecule has 2 amide bonds. The summed E-state index contributed by atoms with van der Waals surface area (Å²) in [6, 6.07) is 12.7. The lowest BCUT2D eigenvalue weighted by molar-refractivity contribution is -0.133. The molecule has 0 bridgehead atoms. The van der Waals surface area contributed by atoms with Crippen molar-refractivity contribution >= 4 is 23.2 Å². The van der Waals surface area contributed by atoms with Crippen molar-refractivity contribution in [1.82, 2.24) is 15.5 Å². The molecule has 1 heterocycles. The molecule has 2 N–H and O–H groups in total. The topological polar surface area (TPSA) is 61.4 Å². The van der Waals surface area contributed by atoms with Gasteiger partial charge < -0.3 is 10.2 Å². The van der Waals surface area contributed by atoms with Gasteiger partial charge in [0.25, 0.3) is 0 Å². The number of rotatable bonds is 9. The Morgan fingerprint density at radius 1 is 1.15 bits per heavy atom. The van der Waals surface area contributed by atoms with Crippen molar-refractivity contribution in [3.8, 4) is 0 Å². The molecule has 146 valence electrons. The highest BCUT2D eigenvalue weighted by Crippen LogP contribution is 2.28. The molecule has 27 heavy (non-hydrogen) atoms. The van der Waals surface area contributed by atoms with Crippen LogP contribution in [0, 0.1) is 0 Å². The van der Waals surface area contributed by atoms with Crippen LogP contribution in [0.15, 0.2) is 41.8 Å². The molecule has 0 spiro atoms. The Labute approximate surface area is 165 Å². The first-order valence-corrected chi connectivity index (χ1v) is 10.1. The maximum absolute atomic E-state index is 12.4. The minimum atomic E-state index is -0.179. The van der Waals surface area contributed by atoms with Crippen LogP contribution in [0.3, 0.4) is 0 Å². The predicted octanol–water partition coefficient (Wildman–Crippen LogP) is 3.15. The molecular formula is C21H29N3O2S. The fraction of sp³-hybridized carbons (Fsp3) is 0.429. The summed E-state index contributed by atoms with van der Waals surface area (Å²) < 4.78 is 0. The van der Waals surface area contributed by atoms with E-state index in [0.29, 0.717) is 5.92 Å². The predicted molar refractivity (Wildman–Crippen MR) is 111 cm³/mol. The van der Waals surface area contributed by atoms with Gasteiger partial charge in [0.1, 0.15) is 0 Å². The van der Waals surface area contributed by atoms with Crippen molar-refractivity contribution in [3.63, 3.8) is 0 Å². The lowest BCUT2D eigenvalue weighted by Gasteiger charge is -2.21. The maximum Gasteiger partial charge on any atom is 0.239 e. The Bertz CT molecular complexity index is 728. The molecule has 0 aliphatic carbocycles. The molecule has 0 saturated heterocycles. The van der Waals surface area contributed by atoms with Crippen LogP contribution in [0.5, 0.6) is 0 Å². The van der Waals surface area contributed by atoms with Gasteiger partial charge in [-0.25, -0.2) is 0 Å². The van der Waals surface area contributed by atoms with Crippen molar-refractivity contribution in [2.45, 2.75) is 32.2 Å². The van der Waals surface area contributed by atoms with Gasteiger partial charge in [-0.05, 0) is 34.9 Å². The van der Waals surface area contributed by atoms with Gasteiger partial charge >= 0.3 is 0 Å². The van der Waals surface area contributed by atoms with Crippen molar-refractivity contribution in [2.24, 2.45) is 0 Å². The van der Waals surface area contributed by atoms with Crippen molar-refractivity contribution in [3.05, 3.63) is 57.8 Å². The Morgan fingerprint density at radius 2 is 1.81 bits per heavy atom. The molecule has 1 aromatic carbocycles. The summed E-state index contributed by atoms with van der Waals surface area (Å²) in [4.78, 5) is 26.4. The van der Waals surface area contributed by atoms with Gasteiger partial charge in [0.15, 0.2) is 0 Å². The van der Waals surface area contributed by atoms with Gasteiger partial charge in [0.2, 0.25) is 11.8 Å². The summed E-state index contributed by atoms with van der Waals surface area (Å²) in [5.74, 6) is 0.241. The highest BCUT2D eigenvalue weighted by molar-refractivity contribution is 7.10. The van der Waals surface area contributed by atoms with Gasteiger partial charge in [0, 0.05) is 19.0 Å². The van der Waals surface area contributed by atoms with Crippen molar-refractivity contribution in [1.29, 1.82) is 0 Å². The lowest BCUT2D eigenvalue weighted by atomic mass is 9.95. The van der Waals surface area contributed by atoms with E-state index in [2.05, 4.69) is 54.8 Å². The monoisotopic (exact) mass is 387 g/mol. The number of hydrogen-bond donors (Lipinski definition) is 2. The molecule has 2 aromatic rings. The number of carbonyl (C=O) groups is 2. The molecule has 6 heteroatoms. The lowest BCUT2D eigenvalue weighted by Crippen LogP contribution is -2.42. The smallest absolute Gasteiger partial charge is 0.239 e. The van der Waals surface area contributed by atoms with Crippen LogP contribution >= 0.6 is 11.3 Å². The highest BCUT2D eigenvalue weighted by atomic mass is 32.1. The third kappa shape index (κ3) is 5.91. The van der Waals surface area contributed by atoms with Gasteiger partial charge in [-0.2, -0.15) is 0 Å². The molecule has 0 unspecified atom stereocenters. The van der Waals surface area contributed by atoms with E-state index < -0.39 is 0 Å². The molecule has 0 saturated carbocycles. The Balaban J connectivity index is 2.10. The van der Waals surface area contributed by atoms with E-state index in [1.54, 1.807) is 25.4 Å². The van der Waals surface area contributed by atoms with Crippen LogP contribution in [0.4, 0.5) is 0 Å². The quantitative estimate of drug-likeness (QED) is 0.695. The van der Waals surface area contributed by atoms with Crippen molar-refractivity contribution < 1.29 is 9.59 Å². The van der Waals surface area contributed by atoms with Crippen LogP contribution in [0.25, 0.3) is 0 Å². The third-order valence-corrected chi connectivity index (χ3v) is 5.76. The molecule has 2 atom stereocenters. The van der Waals surface area contributed by atoms with Crippen LogP contribution in [-0.4, -0.2) is 43.9 Å². The standard InChI is InChI=1S/C21H29N3O2S/c1-5-15(2)16-8-10-17(11-9-16)21(18-7-6-12-27-18)23-13-20(26)24(4)14-19(25)22-3/h6-12,15,21,23H,5,13-14H2,1-4H3,(H,22,25)/t15-,21-/m0/s1. The molecule has 5 nitrogen and oxygen atoms in total. The number of likely N-dealkylation sites (N-methyl/N-ethyl adjacent to an activating group) is 2. The van der Waals surface area contributed by atoms with E-state index in [1.165, 1.54) is 10.5 Å². The van der Waals surface area contributed by atoms with Crippen LogP contribution in [0.1, 0.15) is 48.2 Å². The number of amides is 2. The molecule has 0 fully saturated rings. The van der Waals surface area contributed by atoms with Crippen LogP contribution in [0.2, 0.25) is 0 Å². The summed E-state index contributed by atoms with van der Waals surface area (Å²) in [5.41, 5.74) is 2.46. The molecular weight excluding hydrogens is 358 g/mol. The third-order valence-electron chi connectivity index (χ3n) is 4.82. The normalized spacial score (nSPS) is 13.0. The van der Waals surface area contributed by atoms with Crippen LogP contribution < -0.4 is 10.6 Å². The van der Waals surface area contributed by atoms with Crippen molar-refractivity contribution in [2.75, 3.05) is 27.2 Å². The zero-order chi connectivity index (χ0) is 19.8. The minimum Gasteiger partial charge on any atom is -0.358 e. The first kappa shape index (κ1) is 21.1. The summed E-state index contributed by atoms with van der Waals surface area (Å²) in [5, 5.41) is 7.93. The summed E-state index contributed by atoms with van der Waals surface area (Å²) in [6.45, 7) is 4.65. The summed E-state index contributed by atoms with van der Waals surface area (Å²) in [6.07, 6.45) is 1.11.